The predicted octanol–water partition coefficient (Wildman–Crippen LogP) is 2.23. The van der Waals surface area contributed by atoms with Gasteiger partial charge in [0.2, 0.25) is 0 Å². The minimum atomic E-state index is -2.84. The summed E-state index contributed by atoms with van der Waals surface area (Å²) in [6.45, 7) is 2.84. The summed E-state index contributed by atoms with van der Waals surface area (Å²) in [5.74, 6) is -2.84. The second kappa shape index (κ2) is 6.38. The average Bonchev–Trinajstić information content (AvgIpc) is 2.95. The van der Waals surface area contributed by atoms with Gasteiger partial charge in [-0.3, -0.25) is 4.90 Å². The Morgan fingerprint density at radius 3 is 2.90 bits per heavy atom. The molecule has 2 saturated heterocycles. The highest BCUT2D eigenvalue weighted by Gasteiger charge is 2.34. The van der Waals surface area contributed by atoms with E-state index in [1.165, 1.54) is 25.0 Å². The first-order valence-corrected chi connectivity index (χ1v) is 7.65. The predicted molar refractivity (Wildman–Crippen MR) is 77.5 cm³/mol. The van der Waals surface area contributed by atoms with Crippen LogP contribution >= 0.6 is 0 Å². The van der Waals surface area contributed by atoms with E-state index in [1.54, 1.807) is 18.2 Å². The van der Waals surface area contributed by atoms with Gasteiger partial charge in [-0.1, -0.05) is 30.3 Å². The number of hydrogen-bond acceptors (Lipinski definition) is 3. The lowest BCUT2D eigenvalue weighted by Gasteiger charge is -2.35. The molecule has 0 bridgehead atoms. The lowest BCUT2D eigenvalue weighted by molar-refractivity contribution is -0.0529. The molecule has 2 fully saturated rings. The minimum absolute atomic E-state index is 0.0194. The Labute approximate surface area is 124 Å². The molecule has 0 radical (unpaired) electrons. The van der Waals surface area contributed by atoms with Gasteiger partial charge in [0, 0.05) is 24.7 Å². The Kier molecular flexibility index (Phi) is 4.52. The van der Waals surface area contributed by atoms with Crippen LogP contribution < -0.4 is 5.32 Å². The first kappa shape index (κ1) is 14.9. The van der Waals surface area contributed by atoms with Crippen molar-refractivity contribution in [1.29, 1.82) is 0 Å². The zero-order chi connectivity index (χ0) is 14.7. The van der Waals surface area contributed by atoms with Gasteiger partial charge in [0.05, 0.1) is 19.3 Å². The third kappa shape index (κ3) is 3.59. The van der Waals surface area contributed by atoms with Crippen molar-refractivity contribution >= 4 is 0 Å². The van der Waals surface area contributed by atoms with Gasteiger partial charge >= 0.3 is 0 Å². The van der Waals surface area contributed by atoms with Crippen molar-refractivity contribution in [1.82, 2.24) is 10.2 Å². The zero-order valence-electron chi connectivity index (χ0n) is 12.1. The first-order valence-electron chi connectivity index (χ1n) is 7.65. The Morgan fingerprint density at radius 2 is 2.10 bits per heavy atom. The van der Waals surface area contributed by atoms with Gasteiger partial charge in [-0.15, -0.1) is 0 Å². The summed E-state index contributed by atoms with van der Waals surface area (Å²) in [6, 6.07) is 8.51. The number of halogens is 2. The summed E-state index contributed by atoms with van der Waals surface area (Å²) in [7, 11) is 0. The van der Waals surface area contributed by atoms with E-state index in [4.69, 9.17) is 4.74 Å². The van der Waals surface area contributed by atoms with Crippen LogP contribution in [-0.4, -0.2) is 49.8 Å². The second-order valence-electron chi connectivity index (χ2n) is 5.95. The Bertz CT molecular complexity index is 455. The molecule has 5 heteroatoms. The second-order valence-corrected chi connectivity index (χ2v) is 5.95. The van der Waals surface area contributed by atoms with Crippen LogP contribution in [0.4, 0.5) is 8.78 Å². The fourth-order valence-electron chi connectivity index (χ4n) is 3.18. The van der Waals surface area contributed by atoms with Gasteiger partial charge in [-0.25, -0.2) is 0 Å². The molecule has 2 unspecified atom stereocenters. The summed E-state index contributed by atoms with van der Waals surface area (Å²) < 4.78 is 33.8. The van der Waals surface area contributed by atoms with E-state index in [1.807, 2.05) is 0 Å². The number of ether oxygens (including phenoxy) is 1. The third-order valence-electron chi connectivity index (χ3n) is 4.38. The zero-order valence-corrected chi connectivity index (χ0v) is 12.1. The fraction of sp³-hybridized carbons (Fsp3) is 0.625. The molecule has 2 aliphatic heterocycles. The average molecular weight is 296 g/mol. The molecule has 0 aliphatic carbocycles. The highest BCUT2D eigenvalue weighted by molar-refractivity contribution is 5.20. The molecule has 2 atom stereocenters. The molecule has 3 nitrogen and oxygen atoms in total. The highest BCUT2D eigenvalue weighted by atomic mass is 19.3. The molecule has 2 heterocycles. The number of benzene rings is 1. The van der Waals surface area contributed by atoms with Crippen molar-refractivity contribution in [2.24, 2.45) is 0 Å². The largest absolute Gasteiger partial charge is 0.374 e. The molecule has 0 aromatic heterocycles. The van der Waals surface area contributed by atoms with Crippen molar-refractivity contribution in [3.05, 3.63) is 35.9 Å². The van der Waals surface area contributed by atoms with Gasteiger partial charge in [-0.2, -0.15) is 8.78 Å². The van der Waals surface area contributed by atoms with Gasteiger partial charge in [-0.05, 0) is 19.4 Å². The molecule has 0 amide bonds. The molecule has 0 spiro atoms. The summed E-state index contributed by atoms with van der Waals surface area (Å²) in [4.78, 5) is 2.42. The van der Waals surface area contributed by atoms with Crippen LogP contribution in [0.3, 0.4) is 0 Å². The van der Waals surface area contributed by atoms with Gasteiger partial charge < -0.3 is 10.1 Å². The summed E-state index contributed by atoms with van der Waals surface area (Å²) >= 11 is 0. The molecular formula is C16H22F2N2O. The van der Waals surface area contributed by atoms with Crippen LogP contribution in [0.1, 0.15) is 18.4 Å². The van der Waals surface area contributed by atoms with E-state index in [-0.39, 0.29) is 18.2 Å². The molecule has 2 aliphatic rings. The fourth-order valence-corrected chi connectivity index (χ4v) is 3.18. The van der Waals surface area contributed by atoms with Gasteiger partial charge in [0.1, 0.15) is 0 Å². The van der Waals surface area contributed by atoms with E-state index in [9.17, 15) is 8.78 Å². The maximum absolute atomic E-state index is 14.0. The lowest BCUT2D eigenvalue weighted by Crippen LogP contribution is -2.50. The number of nitrogens with one attached hydrogen (secondary N) is 1. The summed E-state index contributed by atoms with van der Waals surface area (Å²) in [5, 5.41) is 2.87. The Balaban J connectivity index is 1.45. The van der Waals surface area contributed by atoms with Crippen LogP contribution in [0, 0.1) is 0 Å². The van der Waals surface area contributed by atoms with Crippen molar-refractivity contribution in [3.8, 4) is 0 Å². The molecule has 1 aromatic rings. The maximum atomic E-state index is 14.0. The molecule has 3 rings (SSSR count). The number of rotatable bonds is 5. The smallest absolute Gasteiger partial charge is 0.285 e. The lowest BCUT2D eigenvalue weighted by atomic mass is 10.1. The van der Waals surface area contributed by atoms with Crippen molar-refractivity contribution < 1.29 is 13.5 Å². The molecule has 1 aromatic carbocycles. The van der Waals surface area contributed by atoms with Crippen LogP contribution in [-0.2, 0) is 10.7 Å². The first-order chi connectivity index (χ1) is 10.1. The van der Waals surface area contributed by atoms with Crippen molar-refractivity contribution in [2.45, 2.75) is 30.9 Å². The van der Waals surface area contributed by atoms with Crippen LogP contribution in [0.2, 0.25) is 0 Å². The van der Waals surface area contributed by atoms with Crippen LogP contribution in [0.25, 0.3) is 0 Å². The van der Waals surface area contributed by atoms with Gasteiger partial charge in [0.15, 0.2) is 0 Å². The number of alkyl halides is 2. The summed E-state index contributed by atoms with van der Waals surface area (Å²) in [5.41, 5.74) is 0.0571. The van der Waals surface area contributed by atoms with Crippen molar-refractivity contribution in [3.63, 3.8) is 0 Å². The normalized spacial score (nSPS) is 26.8. The number of hydrogen-bond donors (Lipinski definition) is 1. The summed E-state index contributed by atoms with van der Waals surface area (Å²) in [6.07, 6.45) is 2.44. The Hall–Kier alpha value is -1.04. The molecule has 1 N–H and O–H groups in total. The SMILES string of the molecule is FC(F)(CNCC1CN2CCCC2CO1)c1ccccc1. The maximum Gasteiger partial charge on any atom is 0.285 e. The van der Waals surface area contributed by atoms with Gasteiger partial charge in [0.25, 0.3) is 5.92 Å². The standard InChI is InChI=1S/C16H22F2N2O/c17-16(18,13-5-2-1-3-6-13)12-19-9-15-10-20-8-4-7-14(20)11-21-15/h1-3,5-6,14-15,19H,4,7-12H2. The van der Waals surface area contributed by atoms with E-state index < -0.39 is 5.92 Å². The van der Waals surface area contributed by atoms with Crippen molar-refractivity contribution in [2.75, 3.05) is 32.8 Å². The van der Waals surface area contributed by atoms with E-state index in [0.29, 0.717) is 12.6 Å². The minimum Gasteiger partial charge on any atom is -0.374 e. The monoisotopic (exact) mass is 296 g/mol. The van der Waals surface area contributed by atoms with E-state index in [0.717, 1.165) is 19.7 Å². The number of morpholine rings is 1. The number of fused-ring (bicyclic) bond motifs is 1. The van der Waals surface area contributed by atoms with E-state index >= 15 is 0 Å². The molecule has 116 valence electrons. The molecule has 0 saturated carbocycles. The topological polar surface area (TPSA) is 24.5 Å². The highest BCUT2D eigenvalue weighted by Crippen LogP contribution is 2.27. The van der Waals surface area contributed by atoms with Crippen LogP contribution in [0.15, 0.2) is 30.3 Å². The number of nitrogens with zero attached hydrogens (tertiary/aromatic N) is 1. The molecule has 21 heavy (non-hydrogen) atoms. The van der Waals surface area contributed by atoms with Crippen LogP contribution in [0.5, 0.6) is 0 Å². The van der Waals surface area contributed by atoms with E-state index in [2.05, 4.69) is 10.2 Å². The molecular weight excluding hydrogens is 274 g/mol. The quantitative estimate of drug-likeness (QED) is 0.902. The Morgan fingerprint density at radius 1 is 1.29 bits per heavy atom. The third-order valence-corrected chi connectivity index (χ3v) is 4.38.